The zero-order chi connectivity index (χ0) is 12.5. The lowest BCUT2D eigenvalue weighted by Gasteiger charge is -2.16. The van der Waals surface area contributed by atoms with E-state index < -0.39 is 5.97 Å². The van der Waals surface area contributed by atoms with Crippen molar-refractivity contribution in [3.8, 4) is 0 Å². The lowest BCUT2D eigenvalue weighted by atomic mass is 10.2. The molecule has 2 fully saturated rings. The number of aromatic carboxylic acids is 1. The number of carboxylic acid groups (broad SMARTS) is 1. The van der Waals surface area contributed by atoms with Crippen LogP contribution in [0.15, 0.2) is 12.3 Å². The Morgan fingerprint density at radius 3 is 2.61 bits per heavy atom. The summed E-state index contributed by atoms with van der Waals surface area (Å²) in [5, 5.41) is 9.21. The second-order valence-corrected chi connectivity index (χ2v) is 5.44. The summed E-state index contributed by atoms with van der Waals surface area (Å²) in [5.74, 6) is -0.290. The molecule has 1 saturated heterocycles. The summed E-state index contributed by atoms with van der Waals surface area (Å²) in [6.07, 6.45) is 6.86. The summed E-state index contributed by atoms with van der Waals surface area (Å²) in [5.41, 5.74) is 1.57. The van der Waals surface area contributed by atoms with Crippen LogP contribution in [0.5, 0.6) is 0 Å². The third-order valence-corrected chi connectivity index (χ3v) is 4.06. The number of hydrogen-bond donors (Lipinski definition) is 1. The number of carbonyl (C=O) groups is 1. The standard InChI is InChI=1S/C14H20N2O2/c17-14(18)12-5-8-16(13(12)11-3-4-11)10-9-15-6-1-2-7-15/h5,8,11H,1-4,6-7,9-10H2,(H,17,18). The molecule has 4 heteroatoms. The zero-order valence-corrected chi connectivity index (χ0v) is 10.6. The fourth-order valence-corrected chi connectivity index (χ4v) is 2.93. The summed E-state index contributed by atoms with van der Waals surface area (Å²) in [6.45, 7) is 4.38. The molecule has 0 spiro atoms. The molecule has 1 saturated carbocycles. The Kier molecular flexibility index (Phi) is 3.12. The molecule has 18 heavy (non-hydrogen) atoms. The van der Waals surface area contributed by atoms with Gasteiger partial charge in [0.05, 0.1) is 5.56 Å². The molecule has 0 radical (unpaired) electrons. The highest BCUT2D eigenvalue weighted by atomic mass is 16.4. The fraction of sp³-hybridized carbons (Fsp3) is 0.643. The summed E-state index contributed by atoms with van der Waals surface area (Å²) < 4.78 is 2.17. The van der Waals surface area contributed by atoms with Crippen LogP contribution in [0.1, 0.15) is 47.7 Å². The van der Waals surface area contributed by atoms with Crippen molar-refractivity contribution in [1.29, 1.82) is 0 Å². The predicted octanol–water partition coefficient (Wildman–Crippen LogP) is 2.16. The summed E-state index contributed by atoms with van der Waals surface area (Å²) in [7, 11) is 0. The number of carboxylic acids is 1. The predicted molar refractivity (Wildman–Crippen MR) is 69.0 cm³/mol. The maximum Gasteiger partial charge on any atom is 0.337 e. The van der Waals surface area contributed by atoms with E-state index in [1.54, 1.807) is 6.07 Å². The number of hydrogen-bond acceptors (Lipinski definition) is 2. The molecule has 3 rings (SSSR count). The van der Waals surface area contributed by atoms with Crippen LogP contribution in [-0.2, 0) is 6.54 Å². The third-order valence-electron chi connectivity index (χ3n) is 4.06. The first-order chi connectivity index (χ1) is 8.75. The Labute approximate surface area is 107 Å². The Morgan fingerprint density at radius 1 is 1.28 bits per heavy atom. The Morgan fingerprint density at radius 2 is 2.00 bits per heavy atom. The molecule has 0 aromatic carbocycles. The van der Waals surface area contributed by atoms with Crippen LogP contribution in [0.3, 0.4) is 0 Å². The zero-order valence-electron chi connectivity index (χ0n) is 10.6. The summed E-state index contributed by atoms with van der Waals surface area (Å²) in [6, 6.07) is 1.76. The molecule has 2 aliphatic rings. The van der Waals surface area contributed by atoms with Crippen molar-refractivity contribution < 1.29 is 9.90 Å². The molecule has 1 aliphatic heterocycles. The monoisotopic (exact) mass is 248 g/mol. The Bertz CT molecular complexity index is 443. The van der Waals surface area contributed by atoms with Crippen LogP contribution >= 0.6 is 0 Å². The van der Waals surface area contributed by atoms with Gasteiger partial charge < -0.3 is 14.6 Å². The Hall–Kier alpha value is -1.29. The maximum absolute atomic E-state index is 11.2. The van der Waals surface area contributed by atoms with E-state index >= 15 is 0 Å². The number of likely N-dealkylation sites (tertiary alicyclic amines) is 1. The highest BCUT2D eigenvalue weighted by Gasteiger charge is 2.31. The van der Waals surface area contributed by atoms with Gasteiger partial charge in [-0.1, -0.05) is 0 Å². The minimum atomic E-state index is -0.781. The van der Waals surface area contributed by atoms with Crippen LogP contribution in [0.2, 0.25) is 0 Å². The maximum atomic E-state index is 11.2. The SMILES string of the molecule is O=C(O)c1ccn(CCN2CCCC2)c1C1CC1. The average Bonchev–Trinajstić information content (AvgIpc) is 2.91. The molecule has 0 bridgehead atoms. The molecular formula is C14H20N2O2. The second-order valence-electron chi connectivity index (χ2n) is 5.44. The van der Waals surface area contributed by atoms with Gasteiger partial charge in [0.2, 0.25) is 0 Å². The van der Waals surface area contributed by atoms with Crippen LogP contribution in [0, 0.1) is 0 Å². The molecular weight excluding hydrogens is 228 g/mol. The Balaban J connectivity index is 1.72. The van der Waals surface area contributed by atoms with E-state index in [1.165, 1.54) is 25.9 Å². The topological polar surface area (TPSA) is 45.5 Å². The molecule has 4 nitrogen and oxygen atoms in total. The third kappa shape index (κ3) is 2.29. The molecule has 1 aliphatic carbocycles. The highest BCUT2D eigenvalue weighted by molar-refractivity contribution is 5.89. The van der Waals surface area contributed by atoms with E-state index in [2.05, 4.69) is 9.47 Å². The van der Waals surface area contributed by atoms with E-state index in [0.717, 1.165) is 31.6 Å². The van der Waals surface area contributed by atoms with Gasteiger partial charge in [-0.3, -0.25) is 0 Å². The first kappa shape index (κ1) is 11.8. The van der Waals surface area contributed by atoms with Crippen molar-refractivity contribution in [2.75, 3.05) is 19.6 Å². The number of rotatable bonds is 5. The van der Waals surface area contributed by atoms with Gasteiger partial charge in [-0.05, 0) is 44.8 Å². The minimum absolute atomic E-state index is 0.490. The van der Waals surface area contributed by atoms with Crippen molar-refractivity contribution >= 4 is 5.97 Å². The lowest BCUT2D eigenvalue weighted by Crippen LogP contribution is -2.24. The van der Waals surface area contributed by atoms with Gasteiger partial charge in [0, 0.05) is 30.9 Å². The van der Waals surface area contributed by atoms with E-state index in [1.807, 2.05) is 6.20 Å². The first-order valence-corrected chi connectivity index (χ1v) is 6.90. The van der Waals surface area contributed by atoms with E-state index in [-0.39, 0.29) is 0 Å². The molecule has 2 heterocycles. The lowest BCUT2D eigenvalue weighted by molar-refractivity contribution is 0.0695. The van der Waals surface area contributed by atoms with Gasteiger partial charge in [-0.25, -0.2) is 4.79 Å². The molecule has 0 unspecified atom stereocenters. The molecule has 1 N–H and O–H groups in total. The van der Waals surface area contributed by atoms with E-state index in [9.17, 15) is 9.90 Å². The van der Waals surface area contributed by atoms with E-state index in [0.29, 0.717) is 11.5 Å². The van der Waals surface area contributed by atoms with Crippen LogP contribution < -0.4 is 0 Å². The van der Waals surface area contributed by atoms with Crippen molar-refractivity contribution in [3.05, 3.63) is 23.5 Å². The molecule has 1 aromatic rings. The summed E-state index contributed by atoms with van der Waals surface area (Å²) in [4.78, 5) is 13.7. The van der Waals surface area contributed by atoms with Gasteiger partial charge in [0.15, 0.2) is 0 Å². The normalized spacial score (nSPS) is 20.4. The highest BCUT2D eigenvalue weighted by Crippen LogP contribution is 2.42. The van der Waals surface area contributed by atoms with Gasteiger partial charge in [0.25, 0.3) is 0 Å². The first-order valence-electron chi connectivity index (χ1n) is 6.90. The quantitative estimate of drug-likeness (QED) is 0.868. The molecule has 0 atom stereocenters. The van der Waals surface area contributed by atoms with Gasteiger partial charge in [0.1, 0.15) is 0 Å². The molecule has 1 aromatic heterocycles. The molecule has 98 valence electrons. The molecule has 0 amide bonds. The van der Waals surface area contributed by atoms with Crippen molar-refractivity contribution in [3.63, 3.8) is 0 Å². The van der Waals surface area contributed by atoms with Crippen molar-refractivity contribution in [1.82, 2.24) is 9.47 Å². The minimum Gasteiger partial charge on any atom is -0.478 e. The fourth-order valence-electron chi connectivity index (χ4n) is 2.93. The summed E-state index contributed by atoms with van der Waals surface area (Å²) >= 11 is 0. The number of aromatic nitrogens is 1. The van der Waals surface area contributed by atoms with Crippen molar-refractivity contribution in [2.24, 2.45) is 0 Å². The van der Waals surface area contributed by atoms with Gasteiger partial charge in [-0.15, -0.1) is 0 Å². The smallest absolute Gasteiger partial charge is 0.337 e. The average molecular weight is 248 g/mol. The van der Waals surface area contributed by atoms with E-state index in [4.69, 9.17) is 0 Å². The largest absolute Gasteiger partial charge is 0.478 e. The second kappa shape index (κ2) is 4.76. The van der Waals surface area contributed by atoms with Crippen LogP contribution in [0.25, 0.3) is 0 Å². The van der Waals surface area contributed by atoms with Gasteiger partial charge in [-0.2, -0.15) is 0 Å². The van der Waals surface area contributed by atoms with Crippen LogP contribution in [0.4, 0.5) is 0 Å². The number of nitrogens with zero attached hydrogens (tertiary/aromatic N) is 2. The van der Waals surface area contributed by atoms with Crippen LogP contribution in [-0.4, -0.2) is 40.2 Å². The van der Waals surface area contributed by atoms with Gasteiger partial charge >= 0.3 is 5.97 Å². The van der Waals surface area contributed by atoms with Crippen molar-refractivity contribution in [2.45, 2.75) is 38.1 Å².